The first-order chi connectivity index (χ1) is 9.76. The molecule has 0 saturated heterocycles. The van der Waals surface area contributed by atoms with Gasteiger partial charge in [0.05, 0.1) is 23.6 Å². The minimum Gasteiger partial charge on any atom is -0.362 e. The van der Waals surface area contributed by atoms with Crippen LogP contribution < -0.4 is 5.32 Å². The predicted octanol–water partition coefficient (Wildman–Crippen LogP) is 1.39. The van der Waals surface area contributed by atoms with Crippen molar-refractivity contribution in [2.24, 2.45) is 0 Å². The Hall–Kier alpha value is -2.67. The van der Waals surface area contributed by atoms with Gasteiger partial charge in [-0.05, 0) is 12.1 Å². The summed E-state index contributed by atoms with van der Waals surface area (Å²) < 4.78 is 8.33. The zero-order chi connectivity index (χ0) is 13.9. The van der Waals surface area contributed by atoms with E-state index in [1.54, 1.807) is 59.3 Å². The molecule has 0 spiro atoms. The molecule has 0 aliphatic carbocycles. The van der Waals surface area contributed by atoms with Crippen molar-refractivity contribution in [3.8, 4) is 0 Å². The first-order valence-corrected chi connectivity index (χ1v) is 6.02. The van der Waals surface area contributed by atoms with Crippen molar-refractivity contribution in [3.63, 3.8) is 0 Å². The van der Waals surface area contributed by atoms with Gasteiger partial charge in [-0.2, -0.15) is 5.10 Å². The van der Waals surface area contributed by atoms with E-state index >= 15 is 0 Å². The lowest BCUT2D eigenvalue weighted by atomic mass is 10.2. The lowest BCUT2D eigenvalue weighted by molar-refractivity contribution is 0.102. The van der Waals surface area contributed by atoms with Crippen LogP contribution in [0.25, 0.3) is 5.65 Å². The number of hydrogen-bond acceptors (Lipinski definition) is 4. The Morgan fingerprint density at radius 2 is 2.30 bits per heavy atom. The minimum atomic E-state index is -0.197. The number of fused-ring (bicyclic) bond motifs is 1. The van der Waals surface area contributed by atoms with E-state index in [0.29, 0.717) is 18.0 Å². The molecule has 7 heteroatoms. The van der Waals surface area contributed by atoms with E-state index in [2.05, 4.69) is 15.4 Å². The maximum absolute atomic E-state index is 12.1. The van der Waals surface area contributed by atoms with Crippen molar-refractivity contribution in [1.82, 2.24) is 19.2 Å². The van der Waals surface area contributed by atoms with Gasteiger partial charge in [-0.3, -0.25) is 4.79 Å². The largest absolute Gasteiger partial charge is 0.362 e. The molecule has 3 aromatic heterocycles. The molecule has 0 aliphatic rings. The summed E-state index contributed by atoms with van der Waals surface area (Å²) in [6, 6.07) is 3.53. The molecular weight excluding hydrogens is 258 g/mol. The van der Waals surface area contributed by atoms with Gasteiger partial charge < -0.3 is 14.5 Å². The van der Waals surface area contributed by atoms with Crippen molar-refractivity contribution in [3.05, 3.63) is 48.7 Å². The van der Waals surface area contributed by atoms with E-state index in [0.717, 1.165) is 5.65 Å². The van der Waals surface area contributed by atoms with Crippen molar-refractivity contribution in [2.45, 2.75) is 6.73 Å². The maximum Gasteiger partial charge on any atom is 0.257 e. The van der Waals surface area contributed by atoms with Crippen LogP contribution in [-0.4, -0.2) is 32.2 Å². The molecule has 3 heterocycles. The Balaban J connectivity index is 1.77. The van der Waals surface area contributed by atoms with Crippen LogP contribution in [-0.2, 0) is 11.5 Å². The highest BCUT2D eigenvalue weighted by atomic mass is 16.5. The summed E-state index contributed by atoms with van der Waals surface area (Å²) in [4.78, 5) is 16.3. The number of nitrogens with zero attached hydrogens (tertiary/aromatic N) is 4. The fourth-order valence-electron chi connectivity index (χ4n) is 1.89. The fourth-order valence-corrected chi connectivity index (χ4v) is 1.89. The number of carbonyl (C=O) groups is 1. The fraction of sp³-hybridized carbons (Fsp3) is 0.154. The molecule has 0 saturated carbocycles. The molecule has 20 heavy (non-hydrogen) atoms. The molecule has 0 radical (unpaired) electrons. The highest BCUT2D eigenvalue weighted by Gasteiger charge is 2.08. The average molecular weight is 271 g/mol. The molecule has 7 nitrogen and oxygen atoms in total. The molecule has 0 aromatic carbocycles. The van der Waals surface area contributed by atoms with E-state index in [-0.39, 0.29) is 5.91 Å². The predicted molar refractivity (Wildman–Crippen MR) is 72.4 cm³/mol. The number of hydrogen-bond donors (Lipinski definition) is 1. The van der Waals surface area contributed by atoms with Gasteiger partial charge in [0.1, 0.15) is 12.4 Å². The number of methoxy groups -OCH3 is 1. The first kappa shape index (κ1) is 12.4. The van der Waals surface area contributed by atoms with Crippen LogP contribution in [0.1, 0.15) is 10.4 Å². The van der Waals surface area contributed by atoms with Crippen molar-refractivity contribution >= 4 is 17.2 Å². The summed E-state index contributed by atoms with van der Waals surface area (Å²) >= 11 is 0. The second kappa shape index (κ2) is 5.14. The van der Waals surface area contributed by atoms with Crippen LogP contribution in [0.15, 0.2) is 43.1 Å². The molecule has 0 bridgehead atoms. The van der Waals surface area contributed by atoms with Gasteiger partial charge in [0.25, 0.3) is 5.91 Å². The van der Waals surface area contributed by atoms with E-state index in [1.807, 2.05) is 0 Å². The smallest absolute Gasteiger partial charge is 0.257 e. The minimum absolute atomic E-state index is 0.197. The molecule has 1 N–H and O–H groups in total. The molecular formula is C13H13N5O2. The third-order valence-corrected chi connectivity index (χ3v) is 2.80. The maximum atomic E-state index is 12.1. The zero-order valence-corrected chi connectivity index (χ0v) is 10.9. The van der Waals surface area contributed by atoms with Crippen LogP contribution in [0.3, 0.4) is 0 Å². The van der Waals surface area contributed by atoms with Crippen LogP contribution in [0, 0.1) is 0 Å². The quantitative estimate of drug-likeness (QED) is 0.778. The highest BCUT2D eigenvalue weighted by Crippen LogP contribution is 2.10. The molecule has 1 amide bonds. The summed E-state index contributed by atoms with van der Waals surface area (Å²) in [7, 11) is 1.58. The van der Waals surface area contributed by atoms with E-state index in [4.69, 9.17) is 4.74 Å². The van der Waals surface area contributed by atoms with Gasteiger partial charge in [0, 0.05) is 25.7 Å². The average Bonchev–Trinajstić information content (AvgIpc) is 3.07. The summed E-state index contributed by atoms with van der Waals surface area (Å²) in [5.74, 6) is -0.197. The number of aromatic nitrogens is 4. The Kier molecular flexibility index (Phi) is 3.18. The number of anilines is 1. The highest BCUT2D eigenvalue weighted by molar-refractivity contribution is 6.04. The van der Waals surface area contributed by atoms with E-state index in [1.165, 1.54) is 0 Å². The van der Waals surface area contributed by atoms with Crippen molar-refractivity contribution < 1.29 is 9.53 Å². The van der Waals surface area contributed by atoms with Gasteiger partial charge in [-0.25, -0.2) is 9.67 Å². The van der Waals surface area contributed by atoms with Gasteiger partial charge in [-0.1, -0.05) is 0 Å². The van der Waals surface area contributed by atoms with Crippen LogP contribution in [0.4, 0.5) is 5.69 Å². The summed E-state index contributed by atoms with van der Waals surface area (Å²) in [5.41, 5.74) is 1.97. The standard InChI is InChI=1S/C13H13N5O2/c1-20-9-18-8-11(6-15-18)16-13(19)10-2-3-12-14-4-5-17(12)7-10/h2-8H,9H2,1H3,(H,16,19). The number of rotatable bonds is 4. The molecule has 0 unspecified atom stereocenters. The molecule has 102 valence electrons. The molecule has 0 fully saturated rings. The summed E-state index contributed by atoms with van der Waals surface area (Å²) in [6.07, 6.45) is 8.50. The van der Waals surface area contributed by atoms with Crippen molar-refractivity contribution in [1.29, 1.82) is 0 Å². The monoisotopic (exact) mass is 271 g/mol. The van der Waals surface area contributed by atoms with Gasteiger partial charge in [0.2, 0.25) is 0 Å². The Morgan fingerprint density at radius 1 is 1.40 bits per heavy atom. The molecule has 3 rings (SSSR count). The Bertz CT molecular complexity index is 746. The third kappa shape index (κ3) is 2.39. The number of amides is 1. The third-order valence-electron chi connectivity index (χ3n) is 2.80. The van der Waals surface area contributed by atoms with Crippen LogP contribution in [0.2, 0.25) is 0 Å². The number of nitrogens with one attached hydrogen (secondary N) is 1. The molecule has 0 atom stereocenters. The van der Waals surface area contributed by atoms with Gasteiger partial charge in [0.15, 0.2) is 0 Å². The number of pyridine rings is 1. The van der Waals surface area contributed by atoms with Gasteiger partial charge >= 0.3 is 0 Å². The van der Waals surface area contributed by atoms with Crippen LogP contribution >= 0.6 is 0 Å². The first-order valence-electron chi connectivity index (χ1n) is 6.02. The lowest BCUT2D eigenvalue weighted by Gasteiger charge is -2.03. The Morgan fingerprint density at radius 3 is 3.15 bits per heavy atom. The summed E-state index contributed by atoms with van der Waals surface area (Å²) in [6.45, 7) is 0.344. The van der Waals surface area contributed by atoms with E-state index in [9.17, 15) is 4.79 Å². The second-order valence-corrected chi connectivity index (χ2v) is 4.25. The zero-order valence-electron chi connectivity index (χ0n) is 10.9. The molecule has 3 aromatic rings. The number of carbonyl (C=O) groups excluding carboxylic acids is 1. The SMILES string of the molecule is COCn1cc(NC(=O)c2ccc3nccn3c2)cn1. The number of imidazole rings is 1. The Labute approximate surface area is 114 Å². The summed E-state index contributed by atoms with van der Waals surface area (Å²) in [5, 5.41) is 6.84. The number of ether oxygens (including phenoxy) is 1. The normalized spacial score (nSPS) is 10.8. The second-order valence-electron chi connectivity index (χ2n) is 4.25. The van der Waals surface area contributed by atoms with Crippen LogP contribution in [0.5, 0.6) is 0 Å². The topological polar surface area (TPSA) is 73.5 Å². The van der Waals surface area contributed by atoms with Gasteiger partial charge in [-0.15, -0.1) is 0 Å². The molecule has 0 aliphatic heterocycles. The van der Waals surface area contributed by atoms with E-state index < -0.39 is 0 Å². The van der Waals surface area contributed by atoms with Crippen molar-refractivity contribution in [2.75, 3.05) is 12.4 Å². The lowest BCUT2D eigenvalue weighted by Crippen LogP contribution is -2.12.